The molecule has 1 amide bonds. The van der Waals surface area contributed by atoms with E-state index in [9.17, 15) is 9.90 Å². The molecule has 33 heavy (non-hydrogen) atoms. The Morgan fingerprint density at radius 1 is 1.09 bits per heavy atom. The minimum absolute atomic E-state index is 0.00995. The molecular formula is C26H39N3O2S2. The molecule has 0 radical (unpaired) electrons. The van der Waals surface area contributed by atoms with Crippen molar-refractivity contribution in [1.82, 2.24) is 9.62 Å². The molecule has 0 heterocycles. The average Bonchev–Trinajstić information content (AvgIpc) is 2.79. The molecule has 0 unspecified atom stereocenters. The molecule has 0 aliphatic heterocycles. The van der Waals surface area contributed by atoms with Crippen LogP contribution in [-0.4, -0.2) is 52.6 Å². The maximum Gasteiger partial charge on any atom is 0.223 e. The number of carbonyl (C=O) groups is 1. The Kier molecular flexibility index (Phi) is 12.2. The van der Waals surface area contributed by atoms with Gasteiger partial charge >= 0.3 is 0 Å². The standard InChI is InChI=1S/C26H39N3O2S2/c1-19(2)14-15-29(33-23-12-10-22(27)11-13-23)17-25(30)24(16-21-8-6-5-7-9-21)28-26(31)20(3)18-32-4/h5-13,19-20,24-25,30H,14-18,27H2,1-4H3,(H,28,31)/t20-,24+,25-/m1/s1. The maximum atomic E-state index is 12.8. The van der Waals surface area contributed by atoms with E-state index in [1.54, 1.807) is 23.7 Å². The number of benzene rings is 2. The van der Waals surface area contributed by atoms with Crippen LogP contribution in [0.25, 0.3) is 0 Å². The predicted octanol–water partition coefficient (Wildman–Crippen LogP) is 4.71. The predicted molar refractivity (Wildman–Crippen MR) is 143 cm³/mol. The summed E-state index contributed by atoms with van der Waals surface area (Å²) in [6, 6.07) is 17.5. The van der Waals surface area contributed by atoms with E-state index in [0.717, 1.165) is 34.9 Å². The summed E-state index contributed by atoms with van der Waals surface area (Å²) in [5, 5.41) is 14.4. The Balaban J connectivity index is 2.15. The zero-order valence-electron chi connectivity index (χ0n) is 20.2. The number of nitrogens with two attached hydrogens (primary N) is 1. The molecule has 0 saturated carbocycles. The van der Waals surface area contributed by atoms with Gasteiger partial charge in [-0.3, -0.25) is 4.79 Å². The van der Waals surface area contributed by atoms with Crippen molar-refractivity contribution >= 4 is 35.3 Å². The number of rotatable bonds is 14. The van der Waals surface area contributed by atoms with E-state index < -0.39 is 6.10 Å². The van der Waals surface area contributed by atoms with Gasteiger partial charge in [0.25, 0.3) is 0 Å². The first-order valence-electron chi connectivity index (χ1n) is 11.6. The first-order valence-corrected chi connectivity index (χ1v) is 13.7. The van der Waals surface area contributed by atoms with Crippen molar-refractivity contribution in [3.8, 4) is 0 Å². The quantitative estimate of drug-likeness (QED) is 0.263. The van der Waals surface area contributed by atoms with Gasteiger partial charge in [0.15, 0.2) is 0 Å². The highest BCUT2D eigenvalue weighted by molar-refractivity contribution is 7.98. The van der Waals surface area contributed by atoms with Gasteiger partial charge in [-0.2, -0.15) is 11.8 Å². The lowest BCUT2D eigenvalue weighted by Gasteiger charge is -2.30. The van der Waals surface area contributed by atoms with E-state index in [0.29, 0.717) is 18.9 Å². The van der Waals surface area contributed by atoms with Crippen molar-refractivity contribution in [3.63, 3.8) is 0 Å². The van der Waals surface area contributed by atoms with E-state index in [1.165, 1.54) is 0 Å². The summed E-state index contributed by atoms with van der Waals surface area (Å²) in [7, 11) is 0. The second kappa shape index (κ2) is 14.6. The molecule has 0 aromatic heterocycles. The Morgan fingerprint density at radius 3 is 2.36 bits per heavy atom. The van der Waals surface area contributed by atoms with Crippen LogP contribution in [-0.2, 0) is 11.2 Å². The minimum Gasteiger partial charge on any atom is -0.399 e. The zero-order valence-corrected chi connectivity index (χ0v) is 21.9. The van der Waals surface area contributed by atoms with Crippen LogP contribution in [0, 0.1) is 11.8 Å². The van der Waals surface area contributed by atoms with Gasteiger partial charge in [-0.1, -0.05) is 51.1 Å². The molecule has 2 aromatic rings. The summed E-state index contributed by atoms with van der Waals surface area (Å²) < 4.78 is 2.20. The van der Waals surface area contributed by atoms with Crippen LogP contribution in [0.4, 0.5) is 5.69 Å². The molecule has 3 atom stereocenters. The Bertz CT molecular complexity index is 818. The molecule has 0 bridgehead atoms. The van der Waals surface area contributed by atoms with E-state index in [2.05, 4.69) is 23.5 Å². The highest BCUT2D eigenvalue weighted by atomic mass is 32.2. The van der Waals surface area contributed by atoms with Crippen molar-refractivity contribution in [2.75, 3.05) is 30.8 Å². The topological polar surface area (TPSA) is 78.6 Å². The fourth-order valence-electron chi connectivity index (χ4n) is 3.39. The van der Waals surface area contributed by atoms with Crippen molar-refractivity contribution < 1.29 is 9.90 Å². The van der Waals surface area contributed by atoms with Crippen molar-refractivity contribution in [3.05, 3.63) is 60.2 Å². The van der Waals surface area contributed by atoms with Crippen LogP contribution in [0.5, 0.6) is 0 Å². The number of carbonyl (C=O) groups excluding carboxylic acids is 1. The summed E-state index contributed by atoms with van der Waals surface area (Å²) in [4.78, 5) is 13.9. The number of nitrogens with one attached hydrogen (secondary N) is 1. The molecule has 182 valence electrons. The highest BCUT2D eigenvalue weighted by Gasteiger charge is 2.26. The monoisotopic (exact) mass is 489 g/mol. The van der Waals surface area contributed by atoms with E-state index >= 15 is 0 Å². The van der Waals surface area contributed by atoms with Gasteiger partial charge in [0, 0.05) is 35.3 Å². The fraction of sp³-hybridized carbons (Fsp3) is 0.500. The first-order chi connectivity index (χ1) is 15.8. The largest absolute Gasteiger partial charge is 0.399 e. The summed E-state index contributed by atoms with van der Waals surface area (Å²) in [6.45, 7) is 7.64. The number of aliphatic hydroxyl groups is 1. The Hall–Kier alpha value is -1.67. The normalized spacial score (nSPS) is 14.3. The van der Waals surface area contributed by atoms with E-state index in [-0.39, 0.29) is 17.9 Å². The van der Waals surface area contributed by atoms with Gasteiger partial charge in [0.2, 0.25) is 5.91 Å². The summed E-state index contributed by atoms with van der Waals surface area (Å²) in [5.41, 5.74) is 7.67. The molecule has 0 aliphatic rings. The Labute approximate surface area is 208 Å². The van der Waals surface area contributed by atoms with Gasteiger partial charge in [-0.15, -0.1) is 0 Å². The number of nitrogen functional groups attached to an aromatic ring is 1. The van der Waals surface area contributed by atoms with Crippen molar-refractivity contribution in [1.29, 1.82) is 0 Å². The fourth-order valence-corrected chi connectivity index (χ4v) is 5.02. The van der Waals surface area contributed by atoms with Crippen LogP contribution >= 0.6 is 23.7 Å². The molecule has 2 rings (SSSR count). The average molecular weight is 490 g/mol. The van der Waals surface area contributed by atoms with Gasteiger partial charge in [-0.05, 0) is 66.8 Å². The first kappa shape index (κ1) is 27.6. The molecule has 0 fully saturated rings. The molecule has 0 saturated heterocycles. The van der Waals surface area contributed by atoms with Gasteiger partial charge in [0.1, 0.15) is 0 Å². The number of thioether (sulfide) groups is 1. The Morgan fingerprint density at radius 2 is 1.76 bits per heavy atom. The van der Waals surface area contributed by atoms with Crippen molar-refractivity contribution in [2.45, 2.75) is 50.7 Å². The molecule has 0 aliphatic carbocycles. The third-order valence-electron chi connectivity index (χ3n) is 5.42. The van der Waals surface area contributed by atoms with Crippen LogP contribution in [0.3, 0.4) is 0 Å². The summed E-state index contributed by atoms with van der Waals surface area (Å²) in [6.07, 6.45) is 2.91. The molecule has 0 spiro atoms. The van der Waals surface area contributed by atoms with Crippen molar-refractivity contribution in [2.24, 2.45) is 11.8 Å². The summed E-state index contributed by atoms with van der Waals surface area (Å²) in [5.74, 6) is 1.20. The number of hydrogen-bond donors (Lipinski definition) is 3. The second-order valence-corrected chi connectivity index (χ2v) is 11.0. The summed E-state index contributed by atoms with van der Waals surface area (Å²) >= 11 is 3.28. The lowest BCUT2D eigenvalue weighted by Crippen LogP contribution is -2.50. The lowest BCUT2D eigenvalue weighted by atomic mass is 10.00. The number of aliphatic hydroxyl groups excluding tert-OH is 1. The molecule has 4 N–H and O–H groups in total. The minimum atomic E-state index is -0.705. The number of amides is 1. The van der Waals surface area contributed by atoms with Crippen LogP contribution < -0.4 is 11.1 Å². The number of anilines is 1. The van der Waals surface area contributed by atoms with E-state index in [1.807, 2.05) is 67.8 Å². The van der Waals surface area contributed by atoms with Crippen LogP contribution in [0.1, 0.15) is 32.8 Å². The van der Waals surface area contributed by atoms with Crippen LogP contribution in [0.2, 0.25) is 0 Å². The number of hydrogen-bond acceptors (Lipinski definition) is 6. The lowest BCUT2D eigenvalue weighted by molar-refractivity contribution is -0.125. The SMILES string of the molecule is CSC[C@@H](C)C(=O)N[C@@H](Cc1ccccc1)[C@H](O)CN(CCC(C)C)Sc1ccc(N)cc1. The van der Waals surface area contributed by atoms with Gasteiger partial charge in [-0.25, -0.2) is 4.31 Å². The van der Waals surface area contributed by atoms with Crippen LogP contribution in [0.15, 0.2) is 59.5 Å². The second-order valence-electron chi connectivity index (χ2n) is 8.96. The number of nitrogens with zero attached hydrogens (tertiary/aromatic N) is 1. The molecule has 2 aromatic carbocycles. The molecule has 7 heteroatoms. The van der Waals surface area contributed by atoms with Gasteiger partial charge in [0.05, 0.1) is 12.1 Å². The third-order valence-corrected chi connectivity index (χ3v) is 7.32. The van der Waals surface area contributed by atoms with E-state index in [4.69, 9.17) is 5.73 Å². The molecular weight excluding hydrogens is 450 g/mol. The van der Waals surface area contributed by atoms with Gasteiger partial charge < -0.3 is 16.2 Å². The smallest absolute Gasteiger partial charge is 0.223 e. The zero-order chi connectivity index (χ0) is 24.2. The maximum absolute atomic E-state index is 12.8. The molecule has 5 nitrogen and oxygen atoms in total. The highest BCUT2D eigenvalue weighted by Crippen LogP contribution is 2.25. The third kappa shape index (κ3) is 10.4.